The molecule has 3 aromatic carbocycles. The molecule has 4 aliphatic rings. The van der Waals surface area contributed by atoms with Crippen LogP contribution in [0, 0.1) is 5.92 Å². The normalized spacial score (nSPS) is 20.6. The summed E-state index contributed by atoms with van der Waals surface area (Å²) < 4.78 is 15.2. The van der Waals surface area contributed by atoms with E-state index >= 15 is 0 Å². The monoisotopic (exact) mass is 812 g/mol. The van der Waals surface area contributed by atoms with Gasteiger partial charge >= 0.3 is 12.2 Å². The number of hydrogen-bond acceptors (Lipinski definition) is 9. The fourth-order valence-electron chi connectivity index (χ4n) is 9.28. The number of nitrogens with zero attached hydrogens (tertiary/aromatic N) is 4. The Balaban J connectivity index is 0.875. The molecule has 9 rings (SSSR count). The van der Waals surface area contributed by atoms with Gasteiger partial charge in [0.1, 0.15) is 23.7 Å². The molecule has 0 radical (unpaired) electrons. The van der Waals surface area contributed by atoms with Gasteiger partial charge in [0.15, 0.2) is 0 Å². The van der Waals surface area contributed by atoms with Crippen LogP contribution in [0.25, 0.3) is 33.6 Å². The van der Waals surface area contributed by atoms with Crippen molar-refractivity contribution in [1.29, 1.82) is 0 Å². The van der Waals surface area contributed by atoms with Crippen molar-refractivity contribution >= 4 is 29.7 Å². The van der Waals surface area contributed by atoms with Gasteiger partial charge in [0, 0.05) is 26.2 Å². The van der Waals surface area contributed by atoms with Crippen LogP contribution in [0.5, 0.6) is 0 Å². The molecule has 4 aliphatic heterocycles. The quantitative estimate of drug-likeness (QED) is 0.134. The summed E-state index contributed by atoms with van der Waals surface area (Å²) >= 11 is 0. The second kappa shape index (κ2) is 16.6. The highest BCUT2D eigenvalue weighted by molar-refractivity contribution is 6.02. The number of para-hydroxylation sites is 1. The van der Waals surface area contributed by atoms with Crippen molar-refractivity contribution in [3.63, 3.8) is 0 Å². The van der Waals surface area contributed by atoms with Crippen molar-refractivity contribution in [2.45, 2.75) is 69.1 Å². The van der Waals surface area contributed by atoms with Crippen molar-refractivity contribution in [2.24, 2.45) is 5.92 Å². The molecule has 15 heteroatoms. The molecule has 5 aromatic rings. The third-order valence-corrected chi connectivity index (χ3v) is 12.4. The molecule has 60 heavy (non-hydrogen) atoms. The molecule has 0 aliphatic carbocycles. The lowest BCUT2D eigenvalue weighted by molar-refractivity contribution is -0.136. The number of hydrogen-bond donors (Lipinski definition) is 4. The summed E-state index contributed by atoms with van der Waals surface area (Å²) in [6.45, 7) is 1.70. The fourth-order valence-corrected chi connectivity index (χ4v) is 9.28. The molecule has 6 heterocycles. The Hall–Kier alpha value is -6.48. The second-order valence-corrected chi connectivity index (χ2v) is 15.9. The molecule has 1 unspecified atom stereocenters. The van der Waals surface area contributed by atoms with Gasteiger partial charge in [0.05, 0.1) is 55.8 Å². The summed E-state index contributed by atoms with van der Waals surface area (Å²) in [7, 11) is 2.60. The van der Waals surface area contributed by atoms with Crippen LogP contribution in [-0.4, -0.2) is 94.9 Å². The third-order valence-electron chi connectivity index (χ3n) is 12.4. The molecule has 0 spiro atoms. The zero-order valence-electron chi connectivity index (χ0n) is 33.6. The number of aromatic nitrogens is 4. The van der Waals surface area contributed by atoms with Gasteiger partial charge in [0.25, 0.3) is 0 Å². The van der Waals surface area contributed by atoms with Crippen molar-refractivity contribution in [2.75, 3.05) is 38.9 Å². The number of rotatable bonds is 9. The van der Waals surface area contributed by atoms with E-state index in [4.69, 9.17) is 24.2 Å². The van der Waals surface area contributed by atoms with Crippen LogP contribution < -0.4 is 15.5 Å². The van der Waals surface area contributed by atoms with E-state index in [0.29, 0.717) is 57.7 Å². The first-order chi connectivity index (χ1) is 29.3. The van der Waals surface area contributed by atoms with Gasteiger partial charge in [-0.1, -0.05) is 66.7 Å². The number of likely N-dealkylation sites (tertiary alicyclic amines) is 1. The summed E-state index contributed by atoms with van der Waals surface area (Å²) in [5.41, 5.74) is 8.81. The highest BCUT2D eigenvalue weighted by atomic mass is 16.5. The Kier molecular flexibility index (Phi) is 10.8. The number of amides is 4. The number of anilines is 1. The van der Waals surface area contributed by atoms with Gasteiger partial charge in [-0.25, -0.2) is 19.6 Å². The molecule has 2 saturated heterocycles. The second-order valence-electron chi connectivity index (χ2n) is 15.9. The van der Waals surface area contributed by atoms with E-state index in [0.717, 1.165) is 69.1 Å². The number of alkyl carbamates (subject to hydrolysis) is 2. The summed E-state index contributed by atoms with van der Waals surface area (Å²) in [4.78, 5) is 72.4. The predicted octanol–water partition coefficient (Wildman–Crippen LogP) is 6.25. The average Bonchev–Trinajstić information content (AvgIpc) is 4.12. The summed E-state index contributed by atoms with van der Waals surface area (Å²) in [6.07, 6.45) is 7.13. The molecule has 15 nitrogen and oxygen atoms in total. The van der Waals surface area contributed by atoms with Gasteiger partial charge in [0.2, 0.25) is 11.8 Å². The lowest BCUT2D eigenvalue weighted by Crippen LogP contribution is -2.53. The number of nitrogens with one attached hydrogen (secondary N) is 4. The topological polar surface area (TPSA) is 184 Å². The van der Waals surface area contributed by atoms with Gasteiger partial charge < -0.3 is 39.7 Å². The van der Waals surface area contributed by atoms with Crippen LogP contribution in [-0.2, 0) is 36.6 Å². The van der Waals surface area contributed by atoms with E-state index in [-0.39, 0.29) is 29.8 Å². The summed E-state index contributed by atoms with van der Waals surface area (Å²) in [5, 5.41) is 5.54. The van der Waals surface area contributed by atoms with Gasteiger partial charge in [-0.3, -0.25) is 14.5 Å². The lowest BCUT2D eigenvalue weighted by atomic mass is 9.90. The zero-order valence-corrected chi connectivity index (χ0v) is 33.6. The molecule has 4 N–H and O–H groups in total. The van der Waals surface area contributed by atoms with E-state index in [1.54, 1.807) is 11.1 Å². The lowest BCUT2D eigenvalue weighted by Gasteiger charge is -2.34. The van der Waals surface area contributed by atoms with Gasteiger partial charge in [-0.15, -0.1) is 0 Å². The standard InChI is InChI=1S/C45H48N8O7/c1-58-44(56)50-33-17-16-31-5-3-6-32-23-37(53(39(31)32)42(33)54)41-47-25-35(49-41)29-14-10-27(11-15-29)26-8-12-28(13-9-26)34-24-46-40(48-34)36-7-4-20-52(36)43(55)38(51-45(57)59-2)30-18-21-60-22-19-30/h3,5-6,8-15,24-25,30,33,36-38H,4,7,16-23H2,1-2H3,(H,46,48)(H,47,49)(H,50,56)(H,51,57)/t33-,36-,37-,38?/m0/s1. The number of ether oxygens (including phenoxy) is 3. The number of H-pyrrole nitrogens is 2. The Morgan fingerprint density at radius 1 is 0.767 bits per heavy atom. The van der Waals surface area contributed by atoms with Crippen LogP contribution in [0.1, 0.15) is 67.0 Å². The van der Waals surface area contributed by atoms with E-state index in [2.05, 4.69) is 75.2 Å². The zero-order chi connectivity index (χ0) is 41.3. The minimum Gasteiger partial charge on any atom is -0.453 e. The third kappa shape index (κ3) is 7.49. The molecular formula is C45H48N8O7. The predicted molar refractivity (Wildman–Crippen MR) is 222 cm³/mol. The number of aromatic amines is 2. The molecule has 4 amide bonds. The first-order valence-corrected chi connectivity index (χ1v) is 20.6. The molecule has 2 aromatic heterocycles. The maximum absolute atomic E-state index is 14.0. The minimum atomic E-state index is -0.703. The Bertz CT molecular complexity index is 2390. The van der Waals surface area contributed by atoms with Crippen LogP contribution in [0.3, 0.4) is 0 Å². The Morgan fingerprint density at radius 3 is 2.00 bits per heavy atom. The molecule has 4 atom stereocenters. The summed E-state index contributed by atoms with van der Waals surface area (Å²) in [6, 6.07) is 20.7. The van der Waals surface area contributed by atoms with E-state index in [9.17, 15) is 19.2 Å². The molecule has 2 fully saturated rings. The van der Waals surface area contributed by atoms with Crippen LogP contribution in [0.4, 0.5) is 15.3 Å². The van der Waals surface area contributed by atoms with Gasteiger partial charge in [-0.2, -0.15) is 0 Å². The SMILES string of the molecule is COC(=O)NC(C(=O)N1CCC[C@H]1c1ncc(-c2ccc(-c3ccc(-c4cnc([C@@H]5Cc6cccc7c6N5C(=O)[C@@H](NC(=O)OC)CC7)[nH]4)cc3)cc2)[nH]1)C1CCOCC1. The van der Waals surface area contributed by atoms with Crippen LogP contribution in [0.2, 0.25) is 0 Å². The number of benzene rings is 3. The Labute approximate surface area is 347 Å². The van der Waals surface area contributed by atoms with Crippen molar-refractivity contribution in [3.8, 4) is 33.6 Å². The van der Waals surface area contributed by atoms with Crippen LogP contribution >= 0.6 is 0 Å². The number of methoxy groups -OCH3 is 2. The number of imidazole rings is 2. The van der Waals surface area contributed by atoms with E-state index in [1.165, 1.54) is 14.2 Å². The fraction of sp³-hybridized carbons (Fsp3) is 0.378. The average molecular weight is 813 g/mol. The molecule has 0 bridgehead atoms. The minimum absolute atomic E-state index is 0.0299. The number of carbonyl (C=O) groups excluding carboxylic acids is 4. The first-order valence-electron chi connectivity index (χ1n) is 20.6. The smallest absolute Gasteiger partial charge is 0.407 e. The maximum Gasteiger partial charge on any atom is 0.407 e. The number of aryl methyl sites for hydroxylation is 1. The van der Waals surface area contributed by atoms with Crippen molar-refractivity contribution < 1.29 is 33.4 Å². The molecular weight excluding hydrogens is 765 g/mol. The molecule has 0 saturated carbocycles. The van der Waals surface area contributed by atoms with Crippen molar-refractivity contribution in [3.05, 3.63) is 102 Å². The first kappa shape index (κ1) is 39.0. The van der Waals surface area contributed by atoms with E-state index in [1.807, 2.05) is 23.2 Å². The summed E-state index contributed by atoms with van der Waals surface area (Å²) in [5.74, 6) is 1.09. The van der Waals surface area contributed by atoms with Crippen LogP contribution in [0.15, 0.2) is 79.1 Å². The number of carbonyl (C=O) groups is 4. The van der Waals surface area contributed by atoms with Gasteiger partial charge in [-0.05, 0) is 77.8 Å². The van der Waals surface area contributed by atoms with E-state index < -0.39 is 24.3 Å². The highest BCUT2D eigenvalue weighted by Crippen LogP contribution is 2.45. The highest BCUT2D eigenvalue weighted by Gasteiger charge is 2.43. The maximum atomic E-state index is 14.0. The Morgan fingerprint density at radius 2 is 1.37 bits per heavy atom. The largest absolute Gasteiger partial charge is 0.453 e. The van der Waals surface area contributed by atoms with Crippen molar-refractivity contribution in [1.82, 2.24) is 35.5 Å². The molecule has 310 valence electrons.